The quantitative estimate of drug-likeness (QED) is 0.0469. The zero-order valence-electron chi connectivity index (χ0n) is 43.2. The fraction of sp³-hybridized carbons (Fsp3) is 0.965. The van der Waals surface area contributed by atoms with Crippen LogP contribution >= 0.6 is 0 Å². The van der Waals surface area contributed by atoms with E-state index < -0.39 is 0 Å². The highest BCUT2D eigenvalue weighted by molar-refractivity contribution is 5.70. The average Bonchev–Trinajstić information content (AvgIpc) is 3.28. The molecule has 0 spiro atoms. The van der Waals surface area contributed by atoms with Crippen molar-refractivity contribution < 1.29 is 19.1 Å². The monoisotopic (exact) mass is 887 g/mol. The lowest BCUT2D eigenvalue weighted by molar-refractivity contribution is -0.168. The number of piperidine rings is 2. The van der Waals surface area contributed by atoms with Crippen LogP contribution in [-0.4, -0.2) is 49.3 Å². The number of hydrogen-bond donors (Lipinski definition) is 2. The van der Waals surface area contributed by atoms with Crippen molar-refractivity contribution in [3.8, 4) is 0 Å². The average molecular weight is 888 g/mol. The van der Waals surface area contributed by atoms with E-state index in [4.69, 9.17) is 9.47 Å². The number of esters is 2. The standard InChI is InChI=1S/C57H110N2O4/c1-6-8-10-12-14-16-17-18-19-20-21-22-23-24-28-33-37-41-55(61)63-57(5,53-44-48-59-49-45-53)50-51(38-34-30-26-15-13-11-9-7-2)39-35-31-27-25-29-32-36-40-54(60)62-56(3,4)52-42-46-58-47-43-52/h51-53,58-59H,6-50H2,1-5H3. The van der Waals surface area contributed by atoms with Crippen LogP contribution in [0.25, 0.3) is 0 Å². The summed E-state index contributed by atoms with van der Waals surface area (Å²) in [7, 11) is 0. The van der Waals surface area contributed by atoms with Gasteiger partial charge in [-0.1, -0.05) is 219 Å². The molecule has 2 fully saturated rings. The molecule has 2 aliphatic rings. The van der Waals surface area contributed by atoms with E-state index in [0.29, 0.717) is 30.6 Å². The van der Waals surface area contributed by atoms with Gasteiger partial charge in [-0.3, -0.25) is 9.59 Å². The molecular weight excluding hydrogens is 777 g/mol. The van der Waals surface area contributed by atoms with Crippen molar-refractivity contribution in [3.63, 3.8) is 0 Å². The summed E-state index contributed by atoms with van der Waals surface area (Å²) in [5, 5.41) is 6.99. The van der Waals surface area contributed by atoms with Crippen molar-refractivity contribution in [2.24, 2.45) is 17.8 Å². The van der Waals surface area contributed by atoms with E-state index in [1.165, 1.54) is 193 Å². The molecule has 0 aliphatic carbocycles. The van der Waals surface area contributed by atoms with Crippen molar-refractivity contribution in [1.82, 2.24) is 10.6 Å². The summed E-state index contributed by atoms with van der Waals surface area (Å²) >= 11 is 0. The molecule has 6 heteroatoms. The van der Waals surface area contributed by atoms with Crippen LogP contribution in [0.1, 0.15) is 298 Å². The molecule has 63 heavy (non-hydrogen) atoms. The van der Waals surface area contributed by atoms with Crippen LogP contribution in [0.4, 0.5) is 0 Å². The molecule has 0 saturated carbocycles. The van der Waals surface area contributed by atoms with Gasteiger partial charge in [0.15, 0.2) is 0 Å². The first kappa shape index (κ1) is 58.0. The van der Waals surface area contributed by atoms with Crippen LogP contribution in [0.2, 0.25) is 0 Å². The van der Waals surface area contributed by atoms with Crippen LogP contribution in [0.3, 0.4) is 0 Å². The zero-order valence-corrected chi connectivity index (χ0v) is 43.2. The highest BCUT2D eigenvalue weighted by atomic mass is 16.6. The van der Waals surface area contributed by atoms with Gasteiger partial charge in [0.2, 0.25) is 0 Å². The second-order valence-electron chi connectivity index (χ2n) is 21.7. The van der Waals surface area contributed by atoms with Gasteiger partial charge in [0.05, 0.1) is 0 Å². The van der Waals surface area contributed by atoms with E-state index >= 15 is 0 Å². The molecule has 0 amide bonds. The van der Waals surface area contributed by atoms with E-state index in [9.17, 15) is 9.59 Å². The normalized spacial score (nSPS) is 16.8. The highest BCUT2D eigenvalue weighted by Crippen LogP contribution is 2.39. The number of carbonyl (C=O) groups is 2. The minimum Gasteiger partial charge on any atom is -0.459 e. The van der Waals surface area contributed by atoms with Gasteiger partial charge in [0.25, 0.3) is 0 Å². The summed E-state index contributed by atoms with van der Waals surface area (Å²) in [6.07, 6.45) is 51.4. The molecule has 6 nitrogen and oxygen atoms in total. The Kier molecular flexibility index (Phi) is 35.8. The SMILES string of the molecule is CCCCCCCCCCCCCCCCCCCC(=O)OC(C)(CC(CCCCCCCCCC)CCCCCCCCCC(=O)OC(C)(C)C1CCNCC1)C1CCNCC1. The van der Waals surface area contributed by atoms with Gasteiger partial charge >= 0.3 is 11.9 Å². The van der Waals surface area contributed by atoms with E-state index in [0.717, 1.165) is 84.0 Å². The van der Waals surface area contributed by atoms with Gasteiger partial charge in [-0.25, -0.2) is 0 Å². The maximum Gasteiger partial charge on any atom is 0.306 e. The van der Waals surface area contributed by atoms with Gasteiger partial charge < -0.3 is 20.1 Å². The van der Waals surface area contributed by atoms with Crippen molar-refractivity contribution in [1.29, 1.82) is 0 Å². The molecule has 0 aromatic heterocycles. The minimum atomic E-state index is -0.359. The van der Waals surface area contributed by atoms with Crippen molar-refractivity contribution >= 4 is 11.9 Å². The molecule has 372 valence electrons. The van der Waals surface area contributed by atoms with Crippen LogP contribution < -0.4 is 10.6 Å². The third-order valence-corrected chi connectivity index (χ3v) is 15.4. The van der Waals surface area contributed by atoms with Crippen molar-refractivity contribution in [2.75, 3.05) is 26.2 Å². The molecule has 2 aliphatic heterocycles. The molecule has 0 radical (unpaired) electrons. The summed E-state index contributed by atoms with van der Waals surface area (Å²) in [5.74, 6) is 1.57. The number of hydrogen-bond acceptors (Lipinski definition) is 6. The molecule has 2 rings (SSSR count). The second kappa shape index (κ2) is 38.9. The Morgan fingerprint density at radius 3 is 1.10 bits per heavy atom. The highest BCUT2D eigenvalue weighted by Gasteiger charge is 2.40. The lowest BCUT2D eigenvalue weighted by Gasteiger charge is -2.42. The van der Waals surface area contributed by atoms with E-state index in [2.05, 4.69) is 45.3 Å². The fourth-order valence-corrected chi connectivity index (χ4v) is 11.0. The molecule has 2 saturated heterocycles. The molecule has 0 bridgehead atoms. The second-order valence-corrected chi connectivity index (χ2v) is 21.7. The Morgan fingerprint density at radius 2 is 0.730 bits per heavy atom. The lowest BCUT2D eigenvalue weighted by Crippen LogP contribution is -2.46. The molecule has 0 aromatic rings. The summed E-state index contributed by atoms with van der Waals surface area (Å²) in [4.78, 5) is 26.2. The van der Waals surface area contributed by atoms with Gasteiger partial charge in [-0.2, -0.15) is 0 Å². The zero-order chi connectivity index (χ0) is 45.5. The van der Waals surface area contributed by atoms with Crippen LogP contribution in [0.5, 0.6) is 0 Å². The van der Waals surface area contributed by atoms with E-state index in [1.807, 2.05) is 0 Å². The Labute approximate surface area is 393 Å². The van der Waals surface area contributed by atoms with Crippen molar-refractivity contribution in [3.05, 3.63) is 0 Å². The Balaban J connectivity index is 1.72. The van der Waals surface area contributed by atoms with E-state index in [1.54, 1.807) is 0 Å². The van der Waals surface area contributed by atoms with Gasteiger partial charge in [-0.05, 0) is 97.8 Å². The third kappa shape index (κ3) is 30.7. The number of ether oxygens (including phenoxy) is 2. The maximum atomic E-state index is 13.6. The van der Waals surface area contributed by atoms with Crippen LogP contribution in [-0.2, 0) is 19.1 Å². The fourth-order valence-electron chi connectivity index (χ4n) is 11.0. The molecule has 2 atom stereocenters. The van der Waals surface area contributed by atoms with Gasteiger partial charge in [0.1, 0.15) is 11.2 Å². The van der Waals surface area contributed by atoms with E-state index in [-0.39, 0.29) is 23.1 Å². The van der Waals surface area contributed by atoms with Gasteiger partial charge in [0, 0.05) is 24.7 Å². The number of rotatable bonds is 43. The minimum absolute atomic E-state index is 0.0151. The van der Waals surface area contributed by atoms with Crippen molar-refractivity contribution in [2.45, 2.75) is 309 Å². The predicted molar refractivity (Wildman–Crippen MR) is 272 cm³/mol. The Bertz CT molecular complexity index is 1050. The molecule has 0 aromatic carbocycles. The Hall–Kier alpha value is -1.14. The number of nitrogens with one attached hydrogen (secondary N) is 2. The van der Waals surface area contributed by atoms with Crippen LogP contribution in [0, 0.1) is 17.8 Å². The first-order chi connectivity index (χ1) is 30.7. The first-order valence-corrected chi connectivity index (χ1v) is 28.5. The lowest BCUT2D eigenvalue weighted by atomic mass is 9.74. The summed E-state index contributed by atoms with van der Waals surface area (Å²) in [6, 6.07) is 0. The first-order valence-electron chi connectivity index (χ1n) is 28.5. The molecule has 2 heterocycles. The number of carbonyl (C=O) groups excluding carboxylic acids is 2. The largest absolute Gasteiger partial charge is 0.459 e. The number of unbranched alkanes of at least 4 members (excludes halogenated alkanes) is 29. The molecular formula is C57H110N2O4. The smallest absolute Gasteiger partial charge is 0.306 e. The summed E-state index contributed by atoms with van der Waals surface area (Å²) < 4.78 is 12.7. The summed E-state index contributed by atoms with van der Waals surface area (Å²) in [5.41, 5.74) is -0.717. The molecule has 2 unspecified atom stereocenters. The molecule has 2 N–H and O–H groups in total. The predicted octanol–water partition coefficient (Wildman–Crippen LogP) is 16.7. The topological polar surface area (TPSA) is 76.7 Å². The van der Waals surface area contributed by atoms with Crippen LogP contribution in [0.15, 0.2) is 0 Å². The summed E-state index contributed by atoms with van der Waals surface area (Å²) in [6.45, 7) is 15.3. The van der Waals surface area contributed by atoms with Gasteiger partial charge in [-0.15, -0.1) is 0 Å². The maximum absolute atomic E-state index is 13.6. The third-order valence-electron chi connectivity index (χ3n) is 15.4. The Morgan fingerprint density at radius 1 is 0.429 bits per heavy atom.